The van der Waals surface area contributed by atoms with Gasteiger partial charge in [0.2, 0.25) is 0 Å². The summed E-state index contributed by atoms with van der Waals surface area (Å²) in [7, 11) is 0. The lowest BCUT2D eigenvalue weighted by atomic mass is 10.0. The van der Waals surface area contributed by atoms with E-state index in [1.54, 1.807) is 0 Å². The molecule has 1 N–H and O–H groups in total. The predicted octanol–water partition coefficient (Wildman–Crippen LogP) is 5.34. The van der Waals surface area contributed by atoms with Crippen molar-refractivity contribution >= 4 is 22.3 Å². The van der Waals surface area contributed by atoms with Crippen LogP contribution in [0.15, 0.2) is 42.5 Å². The number of nitrogens with zero attached hydrogens (tertiary/aromatic N) is 1. The van der Waals surface area contributed by atoms with Crippen molar-refractivity contribution in [3.05, 3.63) is 64.8 Å². The van der Waals surface area contributed by atoms with Crippen molar-refractivity contribution in [2.24, 2.45) is 0 Å². The Morgan fingerprint density at radius 1 is 1.09 bits per heavy atom. The Hall–Kier alpha value is -2.35. The highest BCUT2D eigenvalue weighted by atomic mass is 14.9. The zero-order valence-electron chi connectivity index (χ0n) is 13.8. The van der Waals surface area contributed by atoms with Crippen LogP contribution in [0.25, 0.3) is 10.9 Å². The van der Waals surface area contributed by atoms with Crippen molar-refractivity contribution in [1.29, 1.82) is 0 Å². The highest BCUT2D eigenvalue weighted by Crippen LogP contribution is 2.36. The number of rotatable bonds is 3. The first-order valence-corrected chi connectivity index (χ1v) is 8.53. The third kappa shape index (κ3) is 2.48. The maximum absolute atomic E-state index is 4.90. The van der Waals surface area contributed by atoms with Crippen LogP contribution in [0.1, 0.15) is 35.7 Å². The molecule has 0 radical (unpaired) electrons. The molecule has 1 aromatic heterocycles. The van der Waals surface area contributed by atoms with E-state index < -0.39 is 0 Å². The molecule has 0 amide bonds. The summed E-state index contributed by atoms with van der Waals surface area (Å²) in [5.41, 5.74) is 8.92. The highest BCUT2D eigenvalue weighted by molar-refractivity contribution is 5.96. The lowest BCUT2D eigenvalue weighted by Crippen LogP contribution is -2.02. The van der Waals surface area contributed by atoms with E-state index in [1.165, 1.54) is 45.6 Å². The number of hydrogen-bond donors (Lipinski definition) is 1. The van der Waals surface area contributed by atoms with E-state index in [9.17, 15) is 0 Å². The van der Waals surface area contributed by atoms with Crippen molar-refractivity contribution in [3.8, 4) is 0 Å². The maximum Gasteiger partial charge on any atom is 0.0726 e. The Kier molecular flexibility index (Phi) is 3.53. The molecular formula is C21H22N2. The molecule has 23 heavy (non-hydrogen) atoms. The quantitative estimate of drug-likeness (QED) is 0.706. The van der Waals surface area contributed by atoms with Gasteiger partial charge in [-0.2, -0.15) is 0 Å². The summed E-state index contributed by atoms with van der Waals surface area (Å²) in [6, 6.07) is 15.2. The van der Waals surface area contributed by atoms with Crippen LogP contribution in [-0.2, 0) is 19.3 Å². The van der Waals surface area contributed by atoms with Crippen molar-refractivity contribution in [3.63, 3.8) is 0 Å². The first kappa shape index (κ1) is 14.3. The smallest absolute Gasteiger partial charge is 0.0726 e. The summed E-state index contributed by atoms with van der Waals surface area (Å²) in [4.78, 5) is 4.90. The first-order valence-electron chi connectivity index (χ1n) is 8.53. The molecule has 0 saturated carbocycles. The van der Waals surface area contributed by atoms with Crippen molar-refractivity contribution in [2.75, 3.05) is 5.32 Å². The molecule has 0 saturated heterocycles. The minimum Gasteiger partial charge on any atom is -0.354 e. The van der Waals surface area contributed by atoms with Gasteiger partial charge in [0.05, 0.1) is 11.2 Å². The number of hydrogen-bond acceptors (Lipinski definition) is 2. The summed E-state index contributed by atoms with van der Waals surface area (Å²) in [6.07, 6.45) is 4.47. The SMILES string of the molecule is CCc1ccccc1Nc1c2c(nc3ccc(C)cc13)CCC2. The number of pyridine rings is 1. The zero-order valence-corrected chi connectivity index (χ0v) is 13.8. The van der Waals surface area contributed by atoms with Crippen LogP contribution in [0, 0.1) is 6.92 Å². The number of aryl methyl sites for hydroxylation is 3. The number of nitrogens with one attached hydrogen (secondary N) is 1. The van der Waals surface area contributed by atoms with Gasteiger partial charge < -0.3 is 5.32 Å². The van der Waals surface area contributed by atoms with Gasteiger partial charge in [-0.1, -0.05) is 36.8 Å². The van der Waals surface area contributed by atoms with Crippen LogP contribution in [0.4, 0.5) is 11.4 Å². The summed E-state index contributed by atoms with van der Waals surface area (Å²) in [6.45, 7) is 4.36. The largest absolute Gasteiger partial charge is 0.354 e. The zero-order chi connectivity index (χ0) is 15.8. The van der Waals surface area contributed by atoms with Crippen molar-refractivity contribution in [2.45, 2.75) is 39.5 Å². The Morgan fingerprint density at radius 2 is 1.96 bits per heavy atom. The van der Waals surface area contributed by atoms with E-state index in [2.05, 4.69) is 61.6 Å². The molecule has 1 aliphatic rings. The topological polar surface area (TPSA) is 24.9 Å². The van der Waals surface area contributed by atoms with Gasteiger partial charge in [0, 0.05) is 16.8 Å². The Bertz CT molecular complexity index is 880. The normalized spacial score (nSPS) is 13.3. The van der Waals surface area contributed by atoms with Crippen molar-refractivity contribution < 1.29 is 0 Å². The Labute approximate surface area is 137 Å². The molecule has 4 rings (SSSR count). The average Bonchev–Trinajstić information content (AvgIpc) is 3.04. The summed E-state index contributed by atoms with van der Waals surface area (Å²) in [5.74, 6) is 0. The van der Waals surface area contributed by atoms with Crippen LogP contribution in [-0.4, -0.2) is 4.98 Å². The molecule has 3 aromatic rings. The molecule has 0 unspecified atom stereocenters. The van der Waals surface area contributed by atoms with Gasteiger partial charge in [-0.15, -0.1) is 0 Å². The molecular weight excluding hydrogens is 280 g/mol. The fourth-order valence-corrected chi connectivity index (χ4v) is 3.60. The molecule has 2 nitrogen and oxygen atoms in total. The fourth-order valence-electron chi connectivity index (χ4n) is 3.60. The van der Waals surface area contributed by atoms with Crippen LogP contribution < -0.4 is 5.32 Å². The van der Waals surface area contributed by atoms with E-state index in [0.717, 1.165) is 24.8 Å². The Balaban J connectivity index is 1.93. The van der Waals surface area contributed by atoms with E-state index in [1.807, 2.05) is 0 Å². The average molecular weight is 302 g/mol. The molecule has 1 aliphatic carbocycles. The molecule has 0 fully saturated rings. The Morgan fingerprint density at radius 3 is 2.83 bits per heavy atom. The molecule has 0 bridgehead atoms. The highest BCUT2D eigenvalue weighted by Gasteiger charge is 2.20. The van der Waals surface area contributed by atoms with E-state index in [4.69, 9.17) is 4.98 Å². The van der Waals surface area contributed by atoms with Gasteiger partial charge in [0.1, 0.15) is 0 Å². The maximum atomic E-state index is 4.90. The number of aromatic nitrogens is 1. The molecule has 2 aromatic carbocycles. The van der Waals surface area contributed by atoms with Crippen LogP contribution in [0.3, 0.4) is 0 Å². The molecule has 1 heterocycles. The van der Waals surface area contributed by atoms with Crippen molar-refractivity contribution in [1.82, 2.24) is 4.98 Å². The van der Waals surface area contributed by atoms with Gasteiger partial charge in [-0.05, 0) is 61.9 Å². The molecule has 2 heteroatoms. The number of para-hydroxylation sites is 1. The van der Waals surface area contributed by atoms with Gasteiger partial charge in [0.25, 0.3) is 0 Å². The van der Waals surface area contributed by atoms with Crippen LogP contribution in [0.5, 0.6) is 0 Å². The number of benzene rings is 2. The summed E-state index contributed by atoms with van der Waals surface area (Å²) >= 11 is 0. The lowest BCUT2D eigenvalue weighted by molar-refractivity contribution is 0.901. The van der Waals surface area contributed by atoms with E-state index in [0.29, 0.717) is 0 Å². The molecule has 0 spiro atoms. The van der Waals surface area contributed by atoms with Crippen LogP contribution in [0.2, 0.25) is 0 Å². The fraction of sp³-hybridized carbons (Fsp3) is 0.286. The minimum absolute atomic E-state index is 1.04. The lowest BCUT2D eigenvalue weighted by Gasteiger charge is -2.17. The molecule has 0 aliphatic heterocycles. The first-order chi connectivity index (χ1) is 11.3. The van der Waals surface area contributed by atoms with Gasteiger partial charge in [-0.3, -0.25) is 4.98 Å². The third-order valence-corrected chi connectivity index (χ3v) is 4.83. The predicted molar refractivity (Wildman–Crippen MR) is 97.6 cm³/mol. The second-order valence-corrected chi connectivity index (χ2v) is 6.42. The van der Waals surface area contributed by atoms with Gasteiger partial charge in [-0.25, -0.2) is 0 Å². The van der Waals surface area contributed by atoms with Gasteiger partial charge in [0.15, 0.2) is 0 Å². The second kappa shape index (κ2) is 5.69. The number of anilines is 2. The summed E-state index contributed by atoms with van der Waals surface area (Å²) < 4.78 is 0. The van der Waals surface area contributed by atoms with Crippen LogP contribution >= 0.6 is 0 Å². The minimum atomic E-state index is 1.04. The van der Waals surface area contributed by atoms with Gasteiger partial charge >= 0.3 is 0 Å². The molecule has 116 valence electrons. The van der Waals surface area contributed by atoms with E-state index in [-0.39, 0.29) is 0 Å². The summed E-state index contributed by atoms with van der Waals surface area (Å²) in [5, 5.41) is 5.00. The monoisotopic (exact) mass is 302 g/mol. The third-order valence-electron chi connectivity index (χ3n) is 4.83. The molecule has 0 atom stereocenters. The number of fused-ring (bicyclic) bond motifs is 2. The van der Waals surface area contributed by atoms with E-state index >= 15 is 0 Å². The second-order valence-electron chi connectivity index (χ2n) is 6.42. The standard InChI is InChI=1S/C21H22N2/c1-3-15-7-4-5-9-18(15)23-21-16-8-6-10-19(16)22-20-12-11-14(2)13-17(20)21/h4-5,7,9,11-13H,3,6,8,10H2,1-2H3,(H,22,23).